The summed E-state index contributed by atoms with van der Waals surface area (Å²) in [5, 5.41) is 7.42. The zero-order valence-electron chi connectivity index (χ0n) is 5.15. The van der Waals surface area contributed by atoms with E-state index in [9.17, 15) is 0 Å². The number of carboxylic acid groups (broad SMARTS) is 1. The highest BCUT2D eigenvalue weighted by Gasteiger charge is 1.65. The molecule has 0 spiro atoms. The van der Waals surface area contributed by atoms with Crippen molar-refractivity contribution in [3.63, 3.8) is 0 Å². The average Bonchev–Trinajstić information content (AvgIpc) is 1.65. The van der Waals surface area contributed by atoms with Crippen LogP contribution in [0.4, 0.5) is 0 Å². The molecule has 0 atom stereocenters. The molecule has 0 aliphatic heterocycles. The maximum Gasteiger partial charge on any atom is 0.300 e. The maximum absolute atomic E-state index is 9.00. The smallest absolute Gasteiger partial charge is 0.300 e. The van der Waals surface area contributed by atoms with Crippen LogP contribution in [0.25, 0.3) is 0 Å². The van der Waals surface area contributed by atoms with E-state index in [1.165, 1.54) is 0 Å². The Hall–Kier alpha value is -0.240. The molecule has 8 heavy (non-hydrogen) atoms. The Morgan fingerprint density at radius 2 is 1.88 bits per heavy atom. The summed E-state index contributed by atoms with van der Waals surface area (Å²) in [5.74, 6) is -0.0417. The minimum Gasteiger partial charge on any atom is -0.481 e. The Morgan fingerprint density at radius 1 is 1.75 bits per heavy atom. The fraction of sp³-hybridized carbons (Fsp3) is 0.800. The van der Waals surface area contributed by atoms with Gasteiger partial charge in [0.25, 0.3) is 5.97 Å². The SMILES string of the molecule is CC(=O)O.CCCCl. The fourth-order valence-electron chi connectivity index (χ4n) is 0. The van der Waals surface area contributed by atoms with Crippen LogP contribution in [0.3, 0.4) is 0 Å². The van der Waals surface area contributed by atoms with Gasteiger partial charge in [-0.25, -0.2) is 0 Å². The van der Waals surface area contributed by atoms with Crippen LogP contribution in [0.15, 0.2) is 0 Å². The van der Waals surface area contributed by atoms with E-state index in [1.807, 2.05) is 6.92 Å². The zero-order chi connectivity index (χ0) is 6.99. The van der Waals surface area contributed by atoms with Crippen LogP contribution < -0.4 is 0 Å². The molecule has 0 amide bonds. The molecule has 1 N–H and O–H groups in total. The molecule has 0 saturated carbocycles. The largest absolute Gasteiger partial charge is 0.481 e. The lowest BCUT2D eigenvalue weighted by molar-refractivity contribution is -0.134. The molecular weight excluding hydrogens is 128 g/mol. The molecule has 0 aromatic heterocycles. The van der Waals surface area contributed by atoms with Gasteiger partial charge in [-0.2, -0.15) is 0 Å². The van der Waals surface area contributed by atoms with E-state index in [-0.39, 0.29) is 0 Å². The highest BCUT2D eigenvalue weighted by Crippen LogP contribution is 1.75. The van der Waals surface area contributed by atoms with Gasteiger partial charge < -0.3 is 5.11 Å². The molecule has 0 aliphatic rings. The summed E-state index contributed by atoms with van der Waals surface area (Å²) in [6.45, 7) is 3.13. The highest BCUT2D eigenvalue weighted by atomic mass is 35.5. The first-order chi connectivity index (χ1) is 3.65. The first-order valence-electron chi connectivity index (χ1n) is 2.40. The molecule has 0 rings (SSSR count). The van der Waals surface area contributed by atoms with Gasteiger partial charge in [-0.15, -0.1) is 11.6 Å². The Labute approximate surface area is 54.5 Å². The summed E-state index contributed by atoms with van der Waals surface area (Å²) in [5.41, 5.74) is 0. The molecule has 0 aromatic carbocycles. The van der Waals surface area contributed by atoms with E-state index in [0.717, 1.165) is 19.2 Å². The van der Waals surface area contributed by atoms with Crippen molar-refractivity contribution in [1.29, 1.82) is 0 Å². The predicted octanol–water partition coefficient (Wildman–Crippen LogP) is 1.73. The van der Waals surface area contributed by atoms with Crippen molar-refractivity contribution in [3.05, 3.63) is 0 Å². The van der Waals surface area contributed by atoms with Gasteiger partial charge in [-0.3, -0.25) is 4.79 Å². The van der Waals surface area contributed by atoms with Crippen LogP contribution in [0.5, 0.6) is 0 Å². The molecule has 0 aliphatic carbocycles. The summed E-state index contributed by atoms with van der Waals surface area (Å²) in [7, 11) is 0. The van der Waals surface area contributed by atoms with Crippen molar-refractivity contribution in [2.45, 2.75) is 20.3 Å². The Morgan fingerprint density at radius 3 is 1.88 bits per heavy atom. The average molecular weight is 139 g/mol. The third-order valence-electron chi connectivity index (χ3n) is 0.189. The van der Waals surface area contributed by atoms with Gasteiger partial charge >= 0.3 is 0 Å². The van der Waals surface area contributed by atoms with E-state index in [0.29, 0.717) is 0 Å². The highest BCUT2D eigenvalue weighted by molar-refractivity contribution is 6.17. The topological polar surface area (TPSA) is 37.3 Å². The van der Waals surface area contributed by atoms with E-state index in [4.69, 9.17) is 21.5 Å². The molecule has 50 valence electrons. The molecule has 2 nitrogen and oxygen atoms in total. The third-order valence-corrected chi connectivity index (χ3v) is 0.567. The van der Waals surface area contributed by atoms with Gasteiger partial charge in [0.05, 0.1) is 0 Å². The molecule has 0 fully saturated rings. The van der Waals surface area contributed by atoms with Crippen LogP contribution >= 0.6 is 11.6 Å². The number of alkyl halides is 1. The molecule has 3 heteroatoms. The van der Waals surface area contributed by atoms with Crippen LogP contribution in [0.2, 0.25) is 0 Å². The Kier molecular flexibility index (Phi) is 13.2. The lowest BCUT2D eigenvalue weighted by Gasteiger charge is -1.65. The Bertz CT molecular complexity index is 48.4. The van der Waals surface area contributed by atoms with Crippen LogP contribution in [-0.4, -0.2) is 17.0 Å². The number of carbonyl (C=O) groups is 1. The number of carboxylic acids is 1. The molecule has 0 aromatic rings. The van der Waals surface area contributed by atoms with Gasteiger partial charge in [-0.05, 0) is 6.42 Å². The monoisotopic (exact) mass is 138 g/mol. The van der Waals surface area contributed by atoms with Crippen molar-refractivity contribution in [1.82, 2.24) is 0 Å². The number of hydrogen-bond donors (Lipinski definition) is 1. The second-order valence-corrected chi connectivity index (χ2v) is 1.59. The first-order valence-corrected chi connectivity index (χ1v) is 2.94. The van der Waals surface area contributed by atoms with Gasteiger partial charge in [0, 0.05) is 12.8 Å². The van der Waals surface area contributed by atoms with E-state index < -0.39 is 5.97 Å². The van der Waals surface area contributed by atoms with Crippen molar-refractivity contribution in [2.75, 3.05) is 5.88 Å². The number of halogens is 1. The summed E-state index contributed by atoms with van der Waals surface area (Å²) in [4.78, 5) is 9.00. The number of aliphatic carboxylic acids is 1. The summed E-state index contributed by atoms with van der Waals surface area (Å²) < 4.78 is 0. The zero-order valence-corrected chi connectivity index (χ0v) is 5.90. The van der Waals surface area contributed by atoms with Crippen molar-refractivity contribution < 1.29 is 9.90 Å². The second kappa shape index (κ2) is 9.90. The fourth-order valence-corrected chi connectivity index (χ4v) is 0. The summed E-state index contributed by atoms with van der Waals surface area (Å²) in [6, 6.07) is 0. The quantitative estimate of drug-likeness (QED) is 0.561. The lowest BCUT2D eigenvalue weighted by Crippen LogP contribution is -1.78. The van der Waals surface area contributed by atoms with Crippen molar-refractivity contribution in [3.8, 4) is 0 Å². The van der Waals surface area contributed by atoms with Crippen LogP contribution in [0.1, 0.15) is 20.3 Å². The molecule has 0 heterocycles. The van der Waals surface area contributed by atoms with E-state index >= 15 is 0 Å². The van der Waals surface area contributed by atoms with Crippen molar-refractivity contribution in [2.24, 2.45) is 0 Å². The third kappa shape index (κ3) is 226. The minimum absolute atomic E-state index is 0.792. The lowest BCUT2D eigenvalue weighted by atomic mass is 10.6. The van der Waals surface area contributed by atoms with Crippen LogP contribution in [-0.2, 0) is 4.79 Å². The van der Waals surface area contributed by atoms with Crippen molar-refractivity contribution >= 4 is 17.6 Å². The molecule has 0 saturated heterocycles. The Balaban J connectivity index is 0. The van der Waals surface area contributed by atoms with Gasteiger partial charge in [0.1, 0.15) is 0 Å². The molecule has 0 unspecified atom stereocenters. The van der Waals surface area contributed by atoms with Gasteiger partial charge in [0.15, 0.2) is 0 Å². The summed E-state index contributed by atoms with van der Waals surface area (Å²) >= 11 is 5.19. The molecule has 0 radical (unpaired) electrons. The van der Waals surface area contributed by atoms with E-state index in [1.54, 1.807) is 0 Å². The van der Waals surface area contributed by atoms with Gasteiger partial charge in [0.2, 0.25) is 0 Å². The van der Waals surface area contributed by atoms with Gasteiger partial charge in [-0.1, -0.05) is 6.92 Å². The minimum atomic E-state index is -0.833. The second-order valence-electron chi connectivity index (χ2n) is 1.21. The standard InChI is InChI=1S/C3H7Cl.C2H4O2/c1-2-3-4;1-2(3)4/h2-3H2,1H3;1H3,(H,3,4). The van der Waals surface area contributed by atoms with Crippen LogP contribution in [0, 0.1) is 0 Å². The normalized spacial score (nSPS) is 6.88. The maximum atomic E-state index is 9.00. The summed E-state index contributed by atoms with van der Waals surface area (Å²) in [6.07, 6.45) is 1.08. The van der Waals surface area contributed by atoms with E-state index in [2.05, 4.69) is 0 Å². The number of hydrogen-bond acceptors (Lipinski definition) is 1. The molecular formula is C5H11ClO2. The predicted molar refractivity (Wildman–Crippen MR) is 34.3 cm³/mol. The molecule has 0 bridgehead atoms. The number of rotatable bonds is 1. The first kappa shape index (κ1) is 10.7.